The number of nitro benzene ring substituents is 1. The second-order valence-corrected chi connectivity index (χ2v) is 8.35. The molecular formula is C22H18BrN3O5. The third kappa shape index (κ3) is 4.00. The molecule has 158 valence electrons. The number of hydrazine groups is 1. The molecule has 0 spiro atoms. The lowest BCUT2D eigenvalue weighted by Crippen LogP contribution is -2.49. The Labute approximate surface area is 186 Å². The molecule has 1 heterocycles. The fourth-order valence-corrected chi connectivity index (χ4v) is 4.16. The summed E-state index contributed by atoms with van der Waals surface area (Å²) in [7, 11) is 0. The Kier molecular flexibility index (Phi) is 5.69. The molecule has 0 saturated carbocycles. The maximum Gasteiger partial charge on any atom is 0.273 e. The van der Waals surface area contributed by atoms with Gasteiger partial charge in [0.2, 0.25) is 0 Å². The van der Waals surface area contributed by atoms with Gasteiger partial charge in [-0.1, -0.05) is 40.2 Å². The SMILES string of the molecule is O=C(c1ccc([N+](=O)[O-])cc1)N(Cc1ccc(Br)cc1)N1C(=O)[C@H]2CC=CC[C@H]2C1=O. The normalized spacial score (nSPS) is 20.0. The first-order valence-corrected chi connectivity index (χ1v) is 10.5. The van der Waals surface area contributed by atoms with E-state index in [1.807, 2.05) is 12.2 Å². The quantitative estimate of drug-likeness (QED) is 0.278. The highest BCUT2D eigenvalue weighted by Crippen LogP contribution is 2.36. The van der Waals surface area contributed by atoms with E-state index in [2.05, 4.69) is 15.9 Å². The minimum Gasteiger partial charge on any atom is -0.272 e. The first-order chi connectivity index (χ1) is 14.9. The van der Waals surface area contributed by atoms with Gasteiger partial charge < -0.3 is 0 Å². The number of fused-ring (bicyclic) bond motifs is 1. The third-order valence-corrected chi connectivity index (χ3v) is 6.06. The van der Waals surface area contributed by atoms with Crippen LogP contribution in [0, 0.1) is 22.0 Å². The maximum absolute atomic E-state index is 13.4. The fraction of sp³-hybridized carbons (Fsp3) is 0.227. The number of non-ortho nitro benzene ring substituents is 1. The van der Waals surface area contributed by atoms with Crippen molar-refractivity contribution in [1.82, 2.24) is 10.0 Å². The number of halogens is 1. The van der Waals surface area contributed by atoms with Crippen LogP contribution in [0.4, 0.5) is 5.69 Å². The molecule has 0 bridgehead atoms. The average molecular weight is 484 g/mol. The van der Waals surface area contributed by atoms with Gasteiger partial charge >= 0.3 is 0 Å². The Morgan fingerprint density at radius 1 is 1.00 bits per heavy atom. The van der Waals surface area contributed by atoms with E-state index in [9.17, 15) is 24.5 Å². The number of nitrogens with zero attached hydrogens (tertiary/aromatic N) is 3. The monoisotopic (exact) mass is 483 g/mol. The molecule has 0 aromatic heterocycles. The largest absolute Gasteiger partial charge is 0.273 e. The summed E-state index contributed by atoms with van der Waals surface area (Å²) in [5.74, 6) is -2.33. The summed E-state index contributed by atoms with van der Waals surface area (Å²) in [4.78, 5) is 49.9. The van der Waals surface area contributed by atoms with Gasteiger partial charge in [0.05, 0.1) is 23.3 Å². The predicted octanol–water partition coefficient (Wildman–Crippen LogP) is 3.87. The van der Waals surface area contributed by atoms with Crippen LogP contribution < -0.4 is 0 Å². The van der Waals surface area contributed by atoms with Crippen molar-refractivity contribution in [2.45, 2.75) is 19.4 Å². The third-order valence-electron chi connectivity index (χ3n) is 5.53. The smallest absolute Gasteiger partial charge is 0.272 e. The Morgan fingerprint density at radius 3 is 2.06 bits per heavy atom. The highest BCUT2D eigenvalue weighted by Gasteiger charge is 2.50. The molecule has 0 N–H and O–H groups in total. The molecule has 0 unspecified atom stereocenters. The molecule has 4 rings (SSSR count). The van der Waals surface area contributed by atoms with Crippen molar-refractivity contribution >= 4 is 39.3 Å². The van der Waals surface area contributed by atoms with E-state index < -0.39 is 34.5 Å². The first kappa shape index (κ1) is 20.9. The van der Waals surface area contributed by atoms with Crippen LogP contribution >= 0.6 is 15.9 Å². The summed E-state index contributed by atoms with van der Waals surface area (Å²) in [5.41, 5.74) is 0.727. The number of nitro groups is 1. The summed E-state index contributed by atoms with van der Waals surface area (Å²) in [6, 6.07) is 12.3. The zero-order valence-corrected chi connectivity index (χ0v) is 17.9. The molecule has 2 aliphatic rings. The number of benzene rings is 2. The van der Waals surface area contributed by atoms with Crippen LogP contribution in [-0.2, 0) is 16.1 Å². The molecule has 0 radical (unpaired) electrons. The van der Waals surface area contributed by atoms with E-state index >= 15 is 0 Å². The Morgan fingerprint density at radius 2 is 1.55 bits per heavy atom. The Hall–Kier alpha value is -3.33. The van der Waals surface area contributed by atoms with Gasteiger partial charge in [0.15, 0.2) is 0 Å². The van der Waals surface area contributed by atoms with Crippen molar-refractivity contribution in [1.29, 1.82) is 0 Å². The second-order valence-electron chi connectivity index (χ2n) is 7.44. The molecule has 8 nitrogen and oxygen atoms in total. The van der Waals surface area contributed by atoms with E-state index in [0.29, 0.717) is 12.8 Å². The summed E-state index contributed by atoms with van der Waals surface area (Å²) in [6.45, 7) is 0.00739. The molecule has 1 aliphatic heterocycles. The van der Waals surface area contributed by atoms with E-state index in [1.165, 1.54) is 24.3 Å². The highest BCUT2D eigenvalue weighted by molar-refractivity contribution is 9.10. The van der Waals surface area contributed by atoms with Gasteiger partial charge in [0.1, 0.15) is 0 Å². The number of hydrogen-bond donors (Lipinski definition) is 0. The number of hydrogen-bond acceptors (Lipinski definition) is 5. The van der Waals surface area contributed by atoms with Crippen LogP contribution in [0.1, 0.15) is 28.8 Å². The molecule has 31 heavy (non-hydrogen) atoms. The van der Waals surface area contributed by atoms with Crippen LogP contribution in [0.3, 0.4) is 0 Å². The number of carbonyl (C=O) groups excluding carboxylic acids is 3. The fourth-order valence-electron chi connectivity index (χ4n) is 3.89. The minimum atomic E-state index is -0.578. The number of amides is 3. The van der Waals surface area contributed by atoms with E-state index in [4.69, 9.17) is 0 Å². The van der Waals surface area contributed by atoms with Crippen molar-refractivity contribution in [3.05, 3.63) is 86.4 Å². The molecule has 2 aromatic carbocycles. The lowest BCUT2D eigenvalue weighted by Gasteiger charge is -2.30. The van der Waals surface area contributed by atoms with Gasteiger partial charge in [-0.15, -0.1) is 0 Å². The lowest BCUT2D eigenvalue weighted by molar-refractivity contribution is -0.384. The van der Waals surface area contributed by atoms with Gasteiger partial charge in [-0.25, -0.2) is 5.01 Å². The number of imide groups is 1. The summed E-state index contributed by atoms with van der Waals surface area (Å²) in [5, 5.41) is 13.0. The van der Waals surface area contributed by atoms with E-state index in [1.54, 1.807) is 24.3 Å². The van der Waals surface area contributed by atoms with Crippen molar-refractivity contribution in [2.75, 3.05) is 0 Å². The van der Waals surface area contributed by atoms with E-state index in [0.717, 1.165) is 20.1 Å². The summed E-state index contributed by atoms with van der Waals surface area (Å²) in [6.07, 6.45) is 4.69. The Balaban J connectivity index is 1.69. The zero-order chi connectivity index (χ0) is 22.1. The summed E-state index contributed by atoms with van der Waals surface area (Å²) < 4.78 is 0.856. The van der Waals surface area contributed by atoms with Crippen LogP contribution in [0.15, 0.2) is 65.2 Å². The minimum absolute atomic E-state index is 0.00739. The second kappa shape index (κ2) is 8.43. The van der Waals surface area contributed by atoms with E-state index in [-0.39, 0.29) is 17.8 Å². The lowest BCUT2D eigenvalue weighted by atomic mass is 9.85. The van der Waals surface area contributed by atoms with Crippen LogP contribution in [-0.4, -0.2) is 32.7 Å². The topological polar surface area (TPSA) is 101 Å². The van der Waals surface area contributed by atoms with Gasteiger partial charge in [0.25, 0.3) is 23.4 Å². The van der Waals surface area contributed by atoms with Gasteiger partial charge in [-0.3, -0.25) is 24.5 Å². The van der Waals surface area contributed by atoms with Gasteiger partial charge in [-0.05, 0) is 42.7 Å². The number of carbonyl (C=O) groups is 3. The molecule has 1 saturated heterocycles. The molecular weight excluding hydrogens is 466 g/mol. The molecule has 1 fully saturated rings. The van der Waals surface area contributed by atoms with Crippen LogP contribution in [0.25, 0.3) is 0 Å². The molecule has 1 aliphatic carbocycles. The molecule has 3 amide bonds. The van der Waals surface area contributed by atoms with Gasteiger partial charge in [0, 0.05) is 22.2 Å². The summed E-state index contributed by atoms with van der Waals surface area (Å²) >= 11 is 3.36. The van der Waals surface area contributed by atoms with Gasteiger partial charge in [-0.2, -0.15) is 5.01 Å². The highest BCUT2D eigenvalue weighted by atomic mass is 79.9. The van der Waals surface area contributed by atoms with Crippen LogP contribution in [0.2, 0.25) is 0 Å². The standard InChI is InChI=1S/C22H18BrN3O5/c23-16-9-5-14(6-10-16)13-24(20(27)15-7-11-17(12-8-15)26(30)31)25-21(28)18-3-1-2-4-19(18)22(25)29/h1-2,5-12,18-19H,3-4,13H2/t18-,19+. The van der Waals surface area contributed by atoms with Crippen molar-refractivity contribution in [3.8, 4) is 0 Å². The van der Waals surface area contributed by atoms with Crippen LogP contribution in [0.5, 0.6) is 0 Å². The number of allylic oxidation sites excluding steroid dienone is 2. The van der Waals surface area contributed by atoms with Crippen molar-refractivity contribution in [3.63, 3.8) is 0 Å². The average Bonchev–Trinajstić information content (AvgIpc) is 3.03. The molecule has 2 aromatic rings. The van der Waals surface area contributed by atoms with Crippen molar-refractivity contribution in [2.24, 2.45) is 11.8 Å². The zero-order valence-electron chi connectivity index (χ0n) is 16.3. The number of rotatable bonds is 5. The first-order valence-electron chi connectivity index (χ1n) is 9.70. The Bertz CT molecular complexity index is 1060. The maximum atomic E-state index is 13.4. The molecule has 9 heteroatoms. The van der Waals surface area contributed by atoms with Crippen molar-refractivity contribution < 1.29 is 19.3 Å². The molecule has 2 atom stereocenters. The predicted molar refractivity (Wildman–Crippen MR) is 114 cm³/mol.